The predicted molar refractivity (Wildman–Crippen MR) is 58.5 cm³/mol. The van der Waals surface area contributed by atoms with E-state index in [2.05, 4.69) is 20.9 Å². The third-order valence-electron chi connectivity index (χ3n) is 1.72. The fraction of sp³-hybridized carbons (Fsp3) is 0.556. The molecular weight excluding hydrogens is 250 g/mol. The van der Waals surface area contributed by atoms with Gasteiger partial charge in [-0.2, -0.15) is 0 Å². The number of carbonyl (C=O) groups excluding carboxylic acids is 1. The van der Waals surface area contributed by atoms with E-state index in [0.29, 0.717) is 18.6 Å². The summed E-state index contributed by atoms with van der Waals surface area (Å²) in [6.45, 7) is 0. The first-order chi connectivity index (χ1) is 6.33. The maximum atomic E-state index is 11.3. The Hall–Kier alpha value is -0.220. The highest BCUT2D eigenvalue weighted by Gasteiger charge is 2.02. The van der Waals surface area contributed by atoms with Crippen molar-refractivity contribution in [3.63, 3.8) is 0 Å². The van der Waals surface area contributed by atoms with Gasteiger partial charge in [0.05, 0.1) is 5.51 Å². The summed E-state index contributed by atoms with van der Waals surface area (Å²) >= 11 is 4.92. The third kappa shape index (κ3) is 4.52. The number of rotatable bonds is 6. The van der Waals surface area contributed by atoms with Crippen LogP contribution in [0.4, 0.5) is 0 Å². The van der Waals surface area contributed by atoms with Gasteiger partial charge in [-0.05, 0) is 12.8 Å². The highest BCUT2D eigenvalue weighted by Crippen LogP contribution is 2.09. The zero-order valence-electron chi connectivity index (χ0n) is 7.33. The second kappa shape index (κ2) is 6.27. The van der Waals surface area contributed by atoms with E-state index in [4.69, 9.17) is 0 Å². The van der Waals surface area contributed by atoms with Crippen LogP contribution in [-0.4, -0.2) is 16.1 Å². The minimum Gasteiger partial charge on any atom is -0.300 e. The number of ketones is 1. The number of thiazole rings is 1. The van der Waals surface area contributed by atoms with Crippen molar-refractivity contribution in [2.24, 2.45) is 0 Å². The van der Waals surface area contributed by atoms with Crippen LogP contribution in [-0.2, 0) is 11.2 Å². The number of aryl methyl sites for hydroxylation is 1. The molecule has 0 N–H and O–H groups in total. The Kier molecular flexibility index (Phi) is 5.23. The molecule has 0 fully saturated rings. The van der Waals surface area contributed by atoms with Crippen LogP contribution in [0.2, 0.25) is 0 Å². The van der Waals surface area contributed by atoms with E-state index in [1.165, 1.54) is 4.88 Å². The molecule has 1 aromatic heterocycles. The normalized spacial score (nSPS) is 10.2. The first-order valence-corrected chi connectivity index (χ1v) is 6.28. The summed E-state index contributed by atoms with van der Waals surface area (Å²) in [4.78, 5) is 16.4. The van der Waals surface area contributed by atoms with Gasteiger partial charge in [-0.1, -0.05) is 15.9 Å². The summed E-state index contributed by atoms with van der Waals surface area (Å²) in [5.41, 5.74) is 1.80. The maximum Gasteiger partial charge on any atom is 0.133 e. The average Bonchev–Trinajstić information content (AvgIpc) is 2.64. The SMILES string of the molecule is O=C(CCCBr)CCc1cncs1. The zero-order valence-corrected chi connectivity index (χ0v) is 9.73. The smallest absolute Gasteiger partial charge is 0.133 e. The Labute approximate surface area is 90.5 Å². The van der Waals surface area contributed by atoms with Crippen LogP contribution in [0.25, 0.3) is 0 Å². The van der Waals surface area contributed by atoms with Crippen molar-refractivity contribution < 1.29 is 4.79 Å². The van der Waals surface area contributed by atoms with Gasteiger partial charge in [0, 0.05) is 29.2 Å². The maximum absolute atomic E-state index is 11.3. The van der Waals surface area contributed by atoms with Crippen molar-refractivity contribution in [1.82, 2.24) is 4.98 Å². The summed E-state index contributed by atoms with van der Waals surface area (Å²) in [7, 11) is 0. The highest BCUT2D eigenvalue weighted by molar-refractivity contribution is 9.09. The van der Waals surface area contributed by atoms with Gasteiger partial charge in [0.25, 0.3) is 0 Å². The monoisotopic (exact) mass is 261 g/mol. The molecule has 13 heavy (non-hydrogen) atoms. The van der Waals surface area contributed by atoms with Gasteiger partial charge < -0.3 is 0 Å². The van der Waals surface area contributed by atoms with E-state index in [-0.39, 0.29) is 0 Å². The summed E-state index contributed by atoms with van der Waals surface area (Å²) in [5.74, 6) is 0.354. The third-order valence-corrected chi connectivity index (χ3v) is 3.12. The van der Waals surface area contributed by atoms with Crippen LogP contribution >= 0.6 is 27.3 Å². The molecule has 72 valence electrons. The Morgan fingerprint density at radius 3 is 3.00 bits per heavy atom. The van der Waals surface area contributed by atoms with Gasteiger partial charge >= 0.3 is 0 Å². The fourth-order valence-corrected chi connectivity index (χ4v) is 1.90. The Bertz CT molecular complexity index is 248. The van der Waals surface area contributed by atoms with Crippen molar-refractivity contribution in [2.45, 2.75) is 25.7 Å². The number of hydrogen-bond donors (Lipinski definition) is 0. The average molecular weight is 262 g/mol. The summed E-state index contributed by atoms with van der Waals surface area (Å²) in [5, 5.41) is 0.916. The molecule has 0 aliphatic carbocycles. The summed E-state index contributed by atoms with van der Waals surface area (Å²) in [6, 6.07) is 0. The molecule has 2 nitrogen and oxygen atoms in total. The largest absolute Gasteiger partial charge is 0.300 e. The second-order valence-electron chi connectivity index (χ2n) is 2.80. The minimum atomic E-state index is 0.354. The van der Waals surface area contributed by atoms with Crippen molar-refractivity contribution in [3.8, 4) is 0 Å². The standard InChI is InChI=1S/C9H12BrNOS/c10-5-1-2-8(12)3-4-9-6-11-7-13-9/h6-7H,1-5H2. The number of hydrogen-bond acceptors (Lipinski definition) is 3. The van der Waals surface area contributed by atoms with E-state index >= 15 is 0 Å². The molecule has 0 unspecified atom stereocenters. The number of aromatic nitrogens is 1. The Morgan fingerprint density at radius 1 is 1.54 bits per heavy atom. The molecule has 0 aliphatic heterocycles. The molecule has 0 saturated heterocycles. The number of halogens is 1. The molecule has 4 heteroatoms. The molecule has 0 saturated carbocycles. The van der Waals surface area contributed by atoms with E-state index in [9.17, 15) is 4.79 Å². The van der Waals surface area contributed by atoms with Gasteiger partial charge in [-0.25, -0.2) is 0 Å². The van der Waals surface area contributed by atoms with Gasteiger partial charge in [0.1, 0.15) is 5.78 Å². The molecule has 1 aromatic rings. The lowest BCUT2D eigenvalue weighted by molar-refractivity contribution is -0.119. The van der Waals surface area contributed by atoms with Crippen molar-refractivity contribution in [1.29, 1.82) is 0 Å². The summed E-state index contributed by atoms with van der Waals surface area (Å²) < 4.78 is 0. The first-order valence-electron chi connectivity index (χ1n) is 4.28. The molecule has 1 rings (SSSR count). The fourth-order valence-electron chi connectivity index (χ4n) is 1.02. The van der Waals surface area contributed by atoms with E-state index < -0.39 is 0 Å². The van der Waals surface area contributed by atoms with Crippen molar-refractivity contribution in [3.05, 3.63) is 16.6 Å². The lowest BCUT2D eigenvalue weighted by atomic mass is 10.1. The van der Waals surface area contributed by atoms with Gasteiger partial charge in [-0.3, -0.25) is 9.78 Å². The Balaban J connectivity index is 2.15. The van der Waals surface area contributed by atoms with Gasteiger partial charge in [0.2, 0.25) is 0 Å². The molecule has 0 amide bonds. The van der Waals surface area contributed by atoms with E-state index in [1.54, 1.807) is 16.8 Å². The molecule has 0 aliphatic rings. The molecule has 0 aromatic carbocycles. The van der Waals surface area contributed by atoms with E-state index in [0.717, 1.165) is 18.2 Å². The van der Waals surface area contributed by atoms with Crippen LogP contribution in [0.15, 0.2) is 11.7 Å². The Morgan fingerprint density at radius 2 is 2.38 bits per heavy atom. The lowest BCUT2D eigenvalue weighted by Crippen LogP contribution is -1.99. The van der Waals surface area contributed by atoms with E-state index in [1.807, 2.05) is 6.20 Å². The van der Waals surface area contributed by atoms with Crippen LogP contribution in [0, 0.1) is 0 Å². The van der Waals surface area contributed by atoms with Crippen molar-refractivity contribution >= 4 is 33.0 Å². The molecule has 0 bridgehead atoms. The van der Waals surface area contributed by atoms with Gasteiger partial charge in [0.15, 0.2) is 0 Å². The van der Waals surface area contributed by atoms with Crippen LogP contribution < -0.4 is 0 Å². The highest BCUT2D eigenvalue weighted by atomic mass is 79.9. The zero-order chi connectivity index (χ0) is 9.52. The van der Waals surface area contributed by atoms with Crippen molar-refractivity contribution in [2.75, 3.05) is 5.33 Å². The predicted octanol–water partition coefficient (Wildman–Crippen LogP) is 2.82. The number of carbonyl (C=O) groups is 1. The van der Waals surface area contributed by atoms with Gasteiger partial charge in [-0.15, -0.1) is 11.3 Å². The molecular formula is C9H12BrNOS. The van der Waals surface area contributed by atoms with Crippen LogP contribution in [0.5, 0.6) is 0 Å². The van der Waals surface area contributed by atoms with Crippen LogP contribution in [0.3, 0.4) is 0 Å². The molecule has 0 spiro atoms. The quantitative estimate of drug-likeness (QED) is 0.738. The lowest BCUT2D eigenvalue weighted by Gasteiger charge is -1.96. The summed E-state index contributed by atoms with van der Waals surface area (Å²) in [6.07, 6.45) is 5.00. The number of Topliss-reactive ketones (excluding diaryl/α,β-unsaturated/α-hetero) is 1. The topological polar surface area (TPSA) is 30.0 Å². The van der Waals surface area contributed by atoms with Crippen LogP contribution in [0.1, 0.15) is 24.1 Å². The minimum absolute atomic E-state index is 0.354. The second-order valence-corrected chi connectivity index (χ2v) is 4.56. The molecule has 0 radical (unpaired) electrons. The molecule has 1 heterocycles. The number of nitrogens with zero attached hydrogens (tertiary/aromatic N) is 1. The first kappa shape index (κ1) is 10.9. The number of alkyl halides is 1. The molecule has 0 atom stereocenters.